The second kappa shape index (κ2) is 12.9. The highest BCUT2D eigenvalue weighted by Gasteiger charge is 2.49. The monoisotopic (exact) mass is 557 g/mol. The van der Waals surface area contributed by atoms with Crippen molar-refractivity contribution in [2.24, 2.45) is 29.1 Å². The van der Waals surface area contributed by atoms with E-state index in [-0.39, 0.29) is 0 Å². The molecule has 0 amide bonds. The standard InChI is InChI=1S/C38H59N3/c1-27-14-9-11-24-41(25-12-10-19-34(39)28-15-5-4-6-16-28)36-21-13-20-35(37(27)36)40-29-22-23-31-30-17-7-8-18-32(30)38(2,3)33(31)26-29/h12,14,21,25,28-30,32,35,37,39-40H,4-11,13,15-20,22-24,26H2,1-3H3/b25-12+,27-14+,39-34?. The Hall–Kier alpha value is -1.61. The van der Waals surface area contributed by atoms with Crippen molar-refractivity contribution in [3.63, 3.8) is 0 Å². The second-order valence-electron chi connectivity index (χ2n) is 15.2. The summed E-state index contributed by atoms with van der Waals surface area (Å²) in [5.41, 5.74) is 8.30. The van der Waals surface area contributed by atoms with Crippen molar-refractivity contribution in [3.8, 4) is 0 Å². The molecule has 6 aliphatic rings. The highest BCUT2D eigenvalue weighted by Crippen LogP contribution is 2.59. The van der Waals surface area contributed by atoms with E-state index >= 15 is 0 Å². The Morgan fingerprint density at radius 2 is 1.78 bits per heavy atom. The summed E-state index contributed by atoms with van der Waals surface area (Å²) in [5, 5.41) is 12.9. The molecule has 0 radical (unpaired) electrons. The quantitative estimate of drug-likeness (QED) is 0.241. The van der Waals surface area contributed by atoms with Gasteiger partial charge in [-0.15, -0.1) is 0 Å². The lowest BCUT2D eigenvalue weighted by Gasteiger charge is -2.42. The zero-order valence-electron chi connectivity index (χ0n) is 26.7. The van der Waals surface area contributed by atoms with E-state index in [9.17, 15) is 0 Å². The van der Waals surface area contributed by atoms with Crippen molar-refractivity contribution in [1.82, 2.24) is 10.2 Å². The van der Waals surface area contributed by atoms with E-state index in [0.717, 1.165) is 36.9 Å². The first-order valence-electron chi connectivity index (χ1n) is 17.8. The summed E-state index contributed by atoms with van der Waals surface area (Å²) in [4.78, 5) is 2.60. The third-order valence-electron chi connectivity index (χ3n) is 12.4. The van der Waals surface area contributed by atoms with Gasteiger partial charge in [0.1, 0.15) is 0 Å². The normalized spacial score (nSPS) is 35.6. The summed E-state index contributed by atoms with van der Waals surface area (Å²) in [6.45, 7) is 8.70. The number of nitrogens with one attached hydrogen (secondary N) is 2. The molecule has 0 aromatic rings. The summed E-state index contributed by atoms with van der Waals surface area (Å²) >= 11 is 0. The third kappa shape index (κ3) is 6.22. The van der Waals surface area contributed by atoms with Crippen molar-refractivity contribution in [2.45, 2.75) is 148 Å². The highest BCUT2D eigenvalue weighted by atomic mass is 15.1. The maximum absolute atomic E-state index is 8.63. The SMILES string of the molecule is C/C1=C\CCCN(/C=C/CCC(=N)C2CCCCC2)C2=CCCC(NC3CCC4=C(C3)C(C)(C)C3CCCCC43)C21. The number of nitrogens with zero attached hydrogens (tertiary/aromatic N) is 1. The van der Waals surface area contributed by atoms with E-state index in [1.807, 2.05) is 11.1 Å². The summed E-state index contributed by atoms with van der Waals surface area (Å²) in [5.74, 6) is 2.87. The Morgan fingerprint density at radius 3 is 2.63 bits per heavy atom. The minimum Gasteiger partial charge on any atom is -0.351 e. The maximum Gasteiger partial charge on any atom is 0.0349 e. The van der Waals surface area contributed by atoms with E-state index in [1.54, 1.807) is 11.3 Å². The first-order valence-corrected chi connectivity index (χ1v) is 17.8. The van der Waals surface area contributed by atoms with Crippen LogP contribution in [-0.2, 0) is 0 Å². The Morgan fingerprint density at radius 1 is 0.976 bits per heavy atom. The molecule has 3 nitrogen and oxygen atoms in total. The Bertz CT molecular complexity index is 1070. The lowest BCUT2D eigenvalue weighted by Crippen LogP contribution is -2.48. The number of allylic oxidation sites excluding steroid dienone is 4. The smallest absolute Gasteiger partial charge is 0.0349 e. The molecule has 41 heavy (non-hydrogen) atoms. The average Bonchev–Trinajstić information content (AvgIpc) is 3.21. The van der Waals surface area contributed by atoms with Crippen LogP contribution in [0.2, 0.25) is 0 Å². The predicted octanol–water partition coefficient (Wildman–Crippen LogP) is 9.87. The van der Waals surface area contributed by atoms with Crippen LogP contribution >= 0.6 is 0 Å². The van der Waals surface area contributed by atoms with Crippen LogP contribution in [0.5, 0.6) is 0 Å². The number of fused-ring (bicyclic) bond motifs is 3. The fourth-order valence-corrected chi connectivity index (χ4v) is 10.2. The summed E-state index contributed by atoms with van der Waals surface area (Å²) < 4.78 is 0. The molecule has 2 N–H and O–H groups in total. The van der Waals surface area contributed by atoms with Crippen LogP contribution < -0.4 is 5.32 Å². The van der Waals surface area contributed by atoms with Gasteiger partial charge in [-0.25, -0.2) is 0 Å². The van der Waals surface area contributed by atoms with Gasteiger partial charge in [0.25, 0.3) is 0 Å². The molecule has 5 unspecified atom stereocenters. The fraction of sp³-hybridized carbons (Fsp3) is 0.763. The Kier molecular flexibility index (Phi) is 9.30. The summed E-state index contributed by atoms with van der Waals surface area (Å²) in [6.07, 6.45) is 33.0. The Labute approximate surface area is 251 Å². The molecular formula is C38H59N3. The topological polar surface area (TPSA) is 39.1 Å². The van der Waals surface area contributed by atoms with Crippen LogP contribution in [0, 0.1) is 34.5 Å². The molecule has 0 bridgehead atoms. The van der Waals surface area contributed by atoms with Crippen molar-refractivity contribution >= 4 is 5.71 Å². The van der Waals surface area contributed by atoms with Crippen LogP contribution in [-0.4, -0.2) is 29.2 Å². The minimum atomic E-state index is 0.406. The summed E-state index contributed by atoms with van der Waals surface area (Å²) in [7, 11) is 0. The minimum absolute atomic E-state index is 0.406. The molecular weight excluding hydrogens is 498 g/mol. The molecule has 1 aliphatic heterocycles. The van der Waals surface area contributed by atoms with Gasteiger partial charge in [-0.05, 0) is 120 Å². The average molecular weight is 558 g/mol. The van der Waals surface area contributed by atoms with Gasteiger partial charge in [0, 0.05) is 36.0 Å². The zero-order valence-corrected chi connectivity index (χ0v) is 26.7. The van der Waals surface area contributed by atoms with Crippen LogP contribution in [0.1, 0.15) is 136 Å². The molecule has 0 saturated heterocycles. The van der Waals surface area contributed by atoms with Gasteiger partial charge < -0.3 is 15.6 Å². The Balaban J connectivity index is 1.11. The van der Waals surface area contributed by atoms with Gasteiger partial charge in [-0.3, -0.25) is 0 Å². The van der Waals surface area contributed by atoms with Gasteiger partial charge in [0.15, 0.2) is 0 Å². The van der Waals surface area contributed by atoms with E-state index < -0.39 is 0 Å². The fourth-order valence-electron chi connectivity index (χ4n) is 10.2. The molecule has 5 aliphatic carbocycles. The molecule has 3 heteroatoms. The van der Waals surface area contributed by atoms with E-state index in [1.165, 1.54) is 103 Å². The van der Waals surface area contributed by atoms with Gasteiger partial charge in [-0.2, -0.15) is 0 Å². The van der Waals surface area contributed by atoms with Gasteiger partial charge >= 0.3 is 0 Å². The van der Waals surface area contributed by atoms with Crippen LogP contribution in [0.3, 0.4) is 0 Å². The van der Waals surface area contributed by atoms with Crippen LogP contribution in [0.25, 0.3) is 0 Å². The molecule has 226 valence electrons. The lowest BCUT2D eigenvalue weighted by atomic mass is 9.68. The zero-order chi connectivity index (χ0) is 28.4. The largest absolute Gasteiger partial charge is 0.351 e. The molecule has 0 aromatic carbocycles. The molecule has 0 spiro atoms. The molecule has 2 fully saturated rings. The van der Waals surface area contributed by atoms with Gasteiger partial charge in [0.05, 0.1) is 0 Å². The van der Waals surface area contributed by atoms with E-state index in [0.29, 0.717) is 29.3 Å². The molecule has 5 atom stereocenters. The molecule has 0 aromatic heterocycles. The predicted molar refractivity (Wildman–Crippen MR) is 174 cm³/mol. The third-order valence-corrected chi connectivity index (χ3v) is 12.4. The highest BCUT2D eigenvalue weighted by molar-refractivity contribution is 5.83. The van der Waals surface area contributed by atoms with Crippen molar-refractivity contribution in [3.05, 3.63) is 46.8 Å². The van der Waals surface area contributed by atoms with Crippen LogP contribution in [0.4, 0.5) is 0 Å². The second-order valence-corrected chi connectivity index (χ2v) is 15.2. The molecule has 2 saturated carbocycles. The van der Waals surface area contributed by atoms with E-state index in [4.69, 9.17) is 5.41 Å². The maximum atomic E-state index is 8.63. The molecule has 1 heterocycles. The van der Waals surface area contributed by atoms with Gasteiger partial charge in [-0.1, -0.05) is 80.9 Å². The number of hydrogen-bond donors (Lipinski definition) is 2. The van der Waals surface area contributed by atoms with Gasteiger partial charge in [0.2, 0.25) is 0 Å². The number of hydrogen-bond acceptors (Lipinski definition) is 3. The van der Waals surface area contributed by atoms with Crippen molar-refractivity contribution < 1.29 is 0 Å². The van der Waals surface area contributed by atoms with Crippen molar-refractivity contribution in [1.29, 1.82) is 5.41 Å². The van der Waals surface area contributed by atoms with E-state index in [2.05, 4.69) is 55.4 Å². The lowest BCUT2D eigenvalue weighted by molar-refractivity contribution is 0.171. The molecule has 6 rings (SSSR count). The summed E-state index contributed by atoms with van der Waals surface area (Å²) in [6, 6.07) is 1.17. The van der Waals surface area contributed by atoms with Crippen molar-refractivity contribution in [2.75, 3.05) is 6.54 Å². The first-order chi connectivity index (χ1) is 19.9. The van der Waals surface area contributed by atoms with Crippen LogP contribution in [0.15, 0.2) is 46.8 Å². The first kappa shape index (κ1) is 29.5. The number of rotatable bonds is 7.